The highest BCUT2D eigenvalue weighted by atomic mass is 15.3. The molecule has 0 bridgehead atoms. The van der Waals surface area contributed by atoms with Crippen molar-refractivity contribution in [3.8, 4) is 17.1 Å². The number of benzene rings is 1. The zero-order chi connectivity index (χ0) is 18.5. The number of hydrogen-bond acceptors (Lipinski definition) is 6. The number of aromatic nitrogens is 5. The minimum atomic E-state index is 0.576. The summed E-state index contributed by atoms with van der Waals surface area (Å²) in [6.07, 6.45) is 6.62. The lowest BCUT2D eigenvalue weighted by atomic mass is 10.1. The van der Waals surface area contributed by atoms with Crippen molar-refractivity contribution in [2.24, 2.45) is 5.10 Å². The van der Waals surface area contributed by atoms with E-state index < -0.39 is 0 Å². The number of aryl methyl sites for hydroxylation is 1. The molecule has 0 spiro atoms. The lowest BCUT2D eigenvalue weighted by Gasteiger charge is -2.07. The van der Waals surface area contributed by atoms with Gasteiger partial charge in [-0.05, 0) is 19.1 Å². The highest BCUT2D eigenvalue weighted by Crippen LogP contribution is 2.23. The van der Waals surface area contributed by atoms with Gasteiger partial charge in [0.05, 0.1) is 17.6 Å². The fraction of sp³-hybridized carbons (Fsp3) is 0.0500. The average Bonchev–Trinajstić information content (AvgIpc) is 3.12. The van der Waals surface area contributed by atoms with Crippen LogP contribution in [0.4, 0.5) is 5.82 Å². The van der Waals surface area contributed by atoms with Crippen molar-refractivity contribution in [2.45, 2.75) is 6.92 Å². The summed E-state index contributed by atoms with van der Waals surface area (Å²) in [6.45, 7) is 1.96. The number of nitrogens with one attached hydrogen (secondary N) is 1. The average molecular weight is 355 g/mol. The van der Waals surface area contributed by atoms with Crippen LogP contribution in [-0.2, 0) is 0 Å². The van der Waals surface area contributed by atoms with Gasteiger partial charge in [-0.25, -0.2) is 14.6 Å². The van der Waals surface area contributed by atoms with Crippen LogP contribution >= 0.6 is 0 Å². The Morgan fingerprint density at radius 2 is 1.93 bits per heavy atom. The van der Waals surface area contributed by atoms with Crippen LogP contribution in [0.15, 0.2) is 78.4 Å². The van der Waals surface area contributed by atoms with E-state index in [1.54, 1.807) is 24.7 Å². The first kappa shape index (κ1) is 16.6. The molecule has 27 heavy (non-hydrogen) atoms. The second-order valence-corrected chi connectivity index (χ2v) is 5.87. The van der Waals surface area contributed by atoms with Crippen LogP contribution < -0.4 is 5.43 Å². The van der Waals surface area contributed by atoms with Crippen LogP contribution in [-0.4, -0.2) is 30.9 Å². The topological polar surface area (TPSA) is 80.9 Å². The number of anilines is 1. The van der Waals surface area contributed by atoms with Gasteiger partial charge < -0.3 is 0 Å². The van der Waals surface area contributed by atoms with Crippen LogP contribution in [0.1, 0.15) is 11.3 Å². The van der Waals surface area contributed by atoms with Crippen molar-refractivity contribution in [1.82, 2.24) is 24.7 Å². The van der Waals surface area contributed by atoms with E-state index in [2.05, 4.69) is 30.6 Å². The van der Waals surface area contributed by atoms with Crippen LogP contribution in [0.25, 0.3) is 17.1 Å². The number of nitrogens with zero attached hydrogens (tertiary/aromatic N) is 6. The second-order valence-electron chi connectivity index (χ2n) is 5.87. The number of hydrazone groups is 1. The quantitative estimate of drug-likeness (QED) is 0.438. The molecule has 0 radical (unpaired) electrons. The SMILES string of the molecule is Cc1cc(-c2ccccc2)n(-c2cc(N/N=C/c3cccnc3)ncn2)n1. The van der Waals surface area contributed by atoms with Gasteiger partial charge in [0, 0.05) is 29.6 Å². The fourth-order valence-electron chi connectivity index (χ4n) is 2.64. The molecule has 7 nitrogen and oxygen atoms in total. The van der Waals surface area contributed by atoms with Crippen molar-refractivity contribution < 1.29 is 0 Å². The maximum atomic E-state index is 4.58. The summed E-state index contributed by atoms with van der Waals surface area (Å²) >= 11 is 0. The molecule has 1 aromatic carbocycles. The van der Waals surface area contributed by atoms with Crippen molar-refractivity contribution >= 4 is 12.0 Å². The third-order valence-electron chi connectivity index (χ3n) is 3.85. The Hall–Kier alpha value is -3.87. The molecule has 3 aromatic heterocycles. The first-order valence-electron chi connectivity index (χ1n) is 8.43. The molecule has 0 amide bonds. The van der Waals surface area contributed by atoms with E-state index in [0.717, 1.165) is 22.5 Å². The minimum absolute atomic E-state index is 0.576. The molecule has 0 saturated heterocycles. The summed E-state index contributed by atoms with van der Waals surface area (Å²) in [4.78, 5) is 12.6. The zero-order valence-electron chi connectivity index (χ0n) is 14.7. The van der Waals surface area contributed by atoms with Gasteiger partial charge in [-0.15, -0.1) is 0 Å². The first-order valence-corrected chi connectivity index (χ1v) is 8.43. The number of pyridine rings is 1. The lowest BCUT2D eigenvalue weighted by molar-refractivity contribution is 0.832. The maximum absolute atomic E-state index is 4.58. The summed E-state index contributed by atoms with van der Waals surface area (Å²) in [6, 6.07) is 17.7. The molecule has 0 aliphatic heterocycles. The summed E-state index contributed by atoms with van der Waals surface area (Å²) in [7, 11) is 0. The van der Waals surface area contributed by atoms with Crippen LogP contribution in [0.5, 0.6) is 0 Å². The van der Waals surface area contributed by atoms with Crippen molar-refractivity contribution in [3.63, 3.8) is 0 Å². The van der Waals surface area contributed by atoms with Crippen LogP contribution in [0.3, 0.4) is 0 Å². The molecule has 0 fully saturated rings. The molecule has 0 aliphatic carbocycles. The Bertz CT molecular complexity index is 1060. The molecule has 0 aliphatic rings. The molecule has 3 heterocycles. The number of rotatable bonds is 5. The van der Waals surface area contributed by atoms with Gasteiger partial charge >= 0.3 is 0 Å². The van der Waals surface area contributed by atoms with Crippen molar-refractivity contribution in [2.75, 3.05) is 5.43 Å². The molecular weight excluding hydrogens is 338 g/mol. The van der Waals surface area contributed by atoms with E-state index in [-0.39, 0.29) is 0 Å². The summed E-state index contributed by atoms with van der Waals surface area (Å²) in [5.41, 5.74) is 6.77. The third-order valence-corrected chi connectivity index (χ3v) is 3.85. The zero-order valence-corrected chi connectivity index (χ0v) is 14.7. The largest absolute Gasteiger partial charge is 0.264 e. The minimum Gasteiger partial charge on any atom is -0.264 e. The molecule has 132 valence electrons. The number of hydrogen-bond donors (Lipinski definition) is 1. The van der Waals surface area contributed by atoms with Crippen LogP contribution in [0, 0.1) is 6.92 Å². The predicted molar refractivity (Wildman–Crippen MR) is 105 cm³/mol. The predicted octanol–water partition coefficient (Wildman–Crippen LogP) is 3.48. The van der Waals surface area contributed by atoms with E-state index in [0.29, 0.717) is 11.6 Å². The summed E-state index contributed by atoms with van der Waals surface area (Å²) in [5.74, 6) is 1.24. The highest BCUT2D eigenvalue weighted by Gasteiger charge is 2.11. The Labute approximate surface area is 156 Å². The molecule has 0 atom stereocenters. The van der Waals surface area contributed by atoms with Gasteiger partial charge in [0.15, 0.2) is 11.6 Å². The molecule has 1 N–H and O–H groups in total. The Morgan fingerprint density at radius 3 is 2.74 bits per heavy atom. The van der Waals surface area contributed by atoms with Gasteiger partial charge in [0.2, 0.25) is 0 Å². The normalized spacial score (nSPS) is 11.0. The standard InChI is InChI=1S/C20H17N7/c1-15-10-18(17-7-3-2-4-8-17)27(26-15)20-11-19(22-14-23-20)25-24-13-16-6-5-9-21-12-16/h2-14H,1H3,(H,22,23,25)/b24-13+. The third kappa shape index (κ3) is 3.87. The summed E-state index contributed by atoms with van der Waals surface area (Å²) < 4.78 is 1.81. The molecular formula is C20H17N7. The molecule has 4 rings (SSSR count). The van der Waals surface area contributed by atoms with Gasteiger partial charge in [-0.2, -0.15) is 10.2 Å². The Kier molecular flexibility index (Phi) is 4.65. The smallest absolute Gasteiger partial charge is 0.159 e. The van der Waals surface area contributed by atoms with Gasteiger partial charge in [-0.1, -0.05) is 36.4 Å². The highest BCUT2D eigenvalue weighted by molar-refractivity contribution is 5.79. The van der Waals surface area contributed by atoms with E-state index in [1.807, 2.05) is 60.1 Å². The Balaban J connectivity index is 1.61. The van der Waals surface area contributed by atoms with Crippen molar-refractivity contribution in [1.29, 1.82) is 0 Å². The molecule has 7 heteroatoms. The monoisotopic (exact) mass is 355 g/mol. The fourth-order valence-corrected chi connectivity index (χ4v) is 2.64. The molecule has 4 aromatic rings. The van der Waals surface area contributed by atoms with Crippen LogP contribution in [0.2, 0.25) is 0 Å². The molecule has 0 unspecified atom stereocenters. The maximum Gasteiger partial charge on any atom is 0.159 e. The molecule has 0 saturated carbocycles. The van der Waals surface area contributed by atoms with E-state index >= 15 is 0 Å². The second kappa shape index (κ2) is 7.57. The lowest BCUT2D eigenvalue weighted by Crippen LogP contribution is -2.04. The Morgan fingerprint density at radius 1 is 1.04 bits per heavy atom. The van der Waals surface area contributed by atoms with E-state index in [1.165, 1.54) is 6.33 Å². The first-order chi connectivity index (χ1) is 13.3. The van der Waals surface area contributed by atoms with Gasteiger partial charge in [-0.3, -0.25) is 10.4 Å². The summed E-state index contributed by atoms with van der Waals surface area (Å²) in [5, 5.41) is 8.78. The van der Waals surface area contributed by atoms with Crippen molar-refractivity contribution in [3.05, 3.63) is 84.6 Å². The van der Waals surface area contributed by atoms with Gasteiger partial charge in [0.1, 0.15) is 6.33 Å². The van der Waals surface area contributed by atoms with Gasteiger partial charge in [0.25, 0.3) is 0 Å². The van der Waals surface area contributed by atoms with E-state index in [4.69, 9.17) is 0 Å². The van der Waals surface area contributed by atoms with E-state index in [9.17, 15) is 0 Å².